The van der Waals surface area contributed by atoms with Crippen molar-refractivity contribution in [1.82, 2.24) is 15.1 Å². The Labute approximate surface area is 195 Å². The van der Waals surface area contributed by atoms with Gasteiger partial charge >= 0.3 is 12.0 Å². The number of hydrogen-bond donors (Lipinski definition) is 1. The van der Waals surface area contributed by atoms with Crippen LogP contribution in [0.25, 0.3) is 0 Å². The quantitative estimate of drug-likeness (QED) is 0.677. The smallest absolute Gasteiger partial charge is 0.318 e. The van der Waals surface area contributed by atoms with Crippen LogP contribution < -0.4 is 5.32 Å². The van der Waals surface area contributed by atoms with Crippen molar-refractivity contribution >= 4 is 17.9 Å². The molecule has 3 atom stereocenters. The third kappa shape index (κ3) is 6.03. The Morgan fingerprint density at radius 3 is 2.58 bits per heavy atom. The molecular weight excluding hydrogens is 425 g/mol. The van der Waals surface area contributed by atoms with E-state index in [0.717, 1.165) is 18.4 Å². The van der Waals surface area contributed by atoms with Gasteiger partial charge in [-0.25, -0.2) is 9.18 Å². The van der Waals surface area contributed by atoms with Gasteiger partial charge in [0.25, 0.3) is 0 Å². The fourth-order valence-corrected chi connectivity index (χ4v) is 4.84. The van der Waals surface area contributed by atoms with Crippen molar-refractivity contribution in [2.75, 3.05) is 26.2 Å². The Morgan fingerprint density at radius 1 is 1.15 bits per heavy atom. The molecule has 7 nitrogen and oxygen atoms in total. The van der Waals surface area contributed by atoms with Gasteiger partial charge in [0.15, 0.2) is 0 Å². The molecule has 2 aliphatic rings. The second-order valence-corrected chi connectivity index (χ2v) is 9.43. The third-order valence-electron chi connectivity index (χ3n) is 6.52. The first-order valence-electron chi connectivity index (χ1n) is 12.0. The van der Waals surface area contributed by atoms with Gasteiger partial charge in [-0.15, -0.1) is 0 Å². The molecule has 2 aliphatic heterocycles. The SMILES string of the molecule is CCOC(=O)[C@@H]1CCCN(C(=O)[C@H]2CC[C@H](c3ccc(F)c(C)c3)N(C(=O)NC(C)C)C2)C1. The highest BCUT2D eigenvalue weighted by Gasteiger charge is 2.39. The molecule has 2 fully saturated rings. The summed E-state index contributed by atoms with van der Waals surface area (Å²) >= 11 is 0. The first-order chi connectivity index (χ1) is 15.7. The van der Waals surface area contributed by atoms with Crippen LogP contribution in [0.4, 0.5) is 9.18 Å². The van der Waals surface area contributed by atoms with Crippen LogP contribution in [0.2, 0.25) is 0 Å². The molecule has 0 spiro atoms. The summed E-state index contributed by atoms with van der Waals surface area (Å²) in [6, 6.07) is 4.45. The lowest BCUT2D eigenvalue weighted by Crippen LogP contribution is -2.53. The molecule has 0 saturated carbocycles. The average molecular weight is 462 g/mol. The van der Waals surface area contributed by atoms with Crippen LogP contribution in [0.3, 0.4) is 0 Å². The predicted molar refractivity (Wildman–Crippen MR) is 123 cm³/mol. The molecule has 2 heterocycles. The molecule has 1 aromatic carbocycles. The van der Waals surface area contributed by atoms with E-state index in [1.165, 1.54) is 6.07 Å². The van der Waals surface area contributed by atoms with Crippen LogP contribution >= 0.6 is 0 Å². The highest BCUT2D eigenvalue weighted by Crippen LogP contribution is 2.35. The molecule has 182 valence electrons. The van der Waals surface area contributed by atoms with E-state index in [1.54, 1.807) is 35.8 Å². The molecule has 33 heavy (non-hydrogen) atoms. The minimum Gasteiger partial charge on any atom is -0.466 e. The Kier molecular flexibility index (Phi) is 8.32. The van der Waals surface area contributed by atoms with Gasteiger partial charge in [-0.1, -0.05) is 12.1 Å². The summed E-state index contributed by atoms with van der Waals surface area (Å²) in [5.41, 5.74) is 1.41. The van der Waals surface area contributed by atoms with Crippen molar-refractivity contribution in [3.8, 4) is 0 Å². The Hall–Kier alpha value is -2.64. The number of halogens is 1. The summed E-state index contributed by atoms with van der Waals surface area (Å²) < 4.78 is 19.0. The number of amides is 3. The summed E-state index contributed by atoms with van der Waals surface area (Å²) in [4.78, 5) is 42.1. The van der Waals surface area contributed by atoms with E-state index >= 15 is 0 Å². The zero-order chi connectivity index (χ0) is 24.1. The summed E-state index contributed by atoms with van der Waals surface area (Å²) in [7, 11) is 0. The topological polar surface area (TPSA) is 79.0 Å². The van der Waals surface area contributed by atoms with E-state index in [1.807, 2.05) is 13.8 Å². The number of ether oxygens (including phenoxy) is 1. The molecule has 0 unspecified atom stereocenters. The van der Waals surface area contributed by atoms with Gasteiger partial charge in [0, 0.05) is 25.7 Å². The van der Waals surface area contributed by atoms with Crippen molar-refractivity contribution in [3.63, 3.8) is 0 Å². The molecule has 3 rings (SSSR count). The fraction of sp³-hybridized carbons (Fsp3) is 0.640. The van der Waals surface area contributed by atoms with Crippen molar-refractivity contribution < 1.29 is 23.5 Å². The van der Waals surface area contributed by atoms with Crippen LogP contribution in [0.5, 0.6) is 0 Å². The van der Waals surface area contributed by atoms with E-state index in [9.17, 15) is 18.8 Å². The van der Waals surface area contributed by atoms with Crippen LogP contribution in [-0.4, -0.2) is 60.0 Å². The lowest BCUT2D eigenvalue weighted by Gasteiger charge is -2.42. The first kappa shape index (κ1) is 25.0. The number of aryl methyl sites for hydroxylation is 1. The number of rotatable bonds is 5. The summed E-state index contributed by atoms with van der Waals surface area (Å²) in [6.45, 7) is 8.88. The van der Waals surface area contributed by atoms with Gasteiger partial charge < -0.3 is 19.9 Å². The molecule has 3 amide bonds. The van der Waals surface area contributed by atoms with Gasteiger partial charge in [-0.3, -0.25) is 9.59 Å². The van der Waals surface area contributed by atoms with E-state index in [4.69, 9.17) is 4.74 Å². The van der Waals surface area contributed by atoms with Gasteiger partial charge in [0.1, 0.15) is 5.82 Å². The second kappa shape index (κ2) is 11.0. The largest absolute Gasteiger partial charge is 0.466 e. The number of carbonyl (C=O) groups excluding carboxylic acids is 3. The zero-order valence-electron chi connectivity index (χ0n) is 20.1. The number of hydrogen-bond acceptors (Lipinski definition) is 4. The number of esters is 1. The van der Waals surface area contributed by atoms with Crippen molar-refractivity contribution in [2.24, 2.45) is 11.8 Å². The van der Waals surface area contributed by atoms with Crippen molar-refractivity contribution in [3.05, 3.63) is 35.1 Å². The maximum atomic E-state index is 13.8. The lowest BCUT2D eigenvalue weighted by atomic mass is 9.87. The minimum atomic E-state index is -0.332. The lowest BCUT2D eigenvalue weighted by molar-refractivity contribution is -0.152. The molecule has 2 saturated heterocycles. The molecule has 1 aromatic rings. The maximum absolute atomic E-state index is 13.8. The van der Waals surface area contributed by atoms with E-state index < -0.39 is 0 Å². The van der Waals surface area contributed by atoms with Crippen LogP contribution in [-0.2, 0) is 14.3 Å². The molecule has 0 bridgehead atoms. The van der Waals surface area contributed by atoms with E-state index in [-0.39, 0.29) is 47.6 Å². The number of carbonyl (C=O) groups is 3. The number of nitrogens with zero attached hydrogens (tertiary/aromatic N) is 2. The predicted octanol–water partition coefficient (Wildman–Crippen LogP) is 3.81. The van der Waals surface area contributed by atoms with E-state index in [0.29, 0.717) is 44.6 Å². The highest BCUT2D eigenvalue weighted by molar-refractivity contribution is 5.82. The standard InChI is InChI=1S/C25H36FN3O4/c1-5-33-24(31)20-7-6-12-28(14-20)23(30)19-9-11-22(18-8-10-21(26)17(4)13-18)29(15-19)25(32)27-16(2)3/h8,10,13,16,19-20,22H,5-7,9,11-12,14-15H2,1-4H3,(H,27,32)/t19-,20+,22+/m0/s1. The van der Waals surface area contributed by atoms with Crippen molar-refractivity contribution in [1.29, 1.82) is 0 Å². The third-order valence-corrected chi connectivity index (χ3v) is 6.52. The monoisotopic (exact) mass is 461 g/mol. The summed E-state index contributed by atoms with van der Waals surface area (Å²) in [5, 5.41) is 2.94. The molecular formula is C25H36FN3O4. The number of nitrogens with one attached hydrogen (secondary N) is 1. The van der Waals surface area contributed by atoms with Crippen LogP contribution in [0, 0.1) is 24.6 Å². The number of piperidine rings is 2. The van der Waals surface area contributed by atoms with Gasteiger partial charge in [-0.2, -0.15) is 0 Å². The fourth-order valence-electron chi connectivity index (χ4n) is 4.84. The Morgan fingerprint density at radius 2 is 1.91 bits per heavy atom. The summed E-state index contributed by atoms with van der Waals surface area (Å²) in [6.07, 6.45) is 2.73. The van der Waals surface area contributed by atoms with Gasteiger partial charge in [-0.05, 0) is 70.6 Å². The minimum absolute atomic E-state index is 0.0138. The second-order valence-electron chi connectivity index (χ2n) is 9.43. The molecule has 0 radical (unpaired) electrons. The summed E-state index contributed by atoms with van der Waals surface area (Å²) in [5.74, 6) is -1.16. The molecule has 8 heteroatoms. The zero-order valence-corrected chi connectivity index (χ0v) is 20.1. The van der Waals surface area contributed by atoms with Crippen molar-refractivity contribution in [2.45, 2.75) is 65.5 Å². The molecule has 1 N–H and O–H groups in total. The average Bonchev–Trinajstić information content (AvgIpc) is 2.80. The van der Waals surface area contributed by atoms with Crippen LogP contribution in [0.15, 0.2) is 18.2 Å². The van der Waals surface area contributed by atoms with Gasteiger partial charge in [0.2, 0.25) is 5.91 Å². The van der Waals surface area contributed by atoms with E-state index in [2.05, 4.69) is 5.32 Å². The first-order valence-corrected chi connectivity index (χ1v) is 12.0. The van der Waals surface area contributed by atoms with Gasteiger partial charge in [0.05, 0.1) is 24.5 Å². The maximum Gasteiger partial charge on any atom is 0.318 e. The molecule has 0 aliphatic carbocycles. The number of likely N-dealkylation sites (tertiary alicyclic amines) is 2. The normalized spacial score (nSPS) is 23.4. The number of benzene rings is 1. The Bertz CT molecular complexity index is 875. The van der Waals surface area contributed by atoms with Crippen LogP contribution in [0.1, 0.15) is 63.6 Å². The Balaban J connectivity index is 1.76. The molecule has 0 aromatic heterocycles. The highest BCUT2D eigenvalue weighted by atomic mass is 19.1. The number of urea groups is 1.